The Bertz CT molecular complexity index is 680. The molecule has 0 unspecified atom stereocenters. The van der Waals surface area contributed by atoms with Gasteiger partial charge in [-0.05, 0) is 58.8 Å². The van der Waals surface area contributed by atoms with Crippen LogP contribution >= 0.6 is 22.6 Å². The van der Waals surface area contributed by atoms with Gasteiger partial charge in [-0.25, -0.2) is 4.79 Å². The van der Waals surface area contributed by atoms with Gasteiger partial charge in [-0.3, -0.25) is 4.79 Å². The number of benzene rings is 2. The van der Waals surface area contributed by atoms with Crippen LogP contribution in [-0.4, -0.2) is 17.0 Å². The number of hydrogen-bond donors (Lipinski definition) is 2. The van der Waals surface area contributed by atoms with Gasteiger partial charge < -0.3 is 10.4 Å². The number of nitrogens with one attached hydrogen (secondary N) is 1. The third kappa shape index (κ3) is 3.81. The molecule has 0 fully saturated rings. The lowest BCUT2D eigenvalue weighted by atomic mass is 10.1. The third-order valence-electron chi connectivity index (χ3n) is 3.09. The summed E-state index contributed by atoms with van der Waals surface area (Å²) in [4.78, 5) is 22.9. The molecule has 21 heavy (non-hydrogen) atoms. The van der Waals surface area contributed by atoms with E-state index < -0.39 is 5.97 Å². The zero-order valence-electron chi connectivity index (χ0n) is 11.4. The third-order valence-corrected chi connectivity index (χ3v) is 4.52. The molecule has 108 valence electrons. The maximum absolute atomic E-state index is 12.2. The number of hydrogen-bond acceptors (Lipinski definition) is 2. The first-order chi connectivity index (χ1) is 9.99. The number of halogens is 1. The largest absolute Gasteiger partial charge is 0.478 e. The van der Waals surface area contributed by atoms with E-state index in [0.717, 1.165) is 14.7 Å². The molecule has 0 radical (unpaired) electrons. The van der Waals surface area contributed by atoms with Gasteiger partial charge >= 0.3 is 5.97 Å². The van der Waals surface area contributed by atoms with E-state index in [9.17, 15) is 9.59 Å². The van der Waals surface area contributed by atoms with Crippen molar-refractivity contribution < 1.29 is 14.7 Å². The van der Waals surface area contributed by atoms with Crippen LogP contribution in [0.3, 0.4) is 0 Å². The first-order valence-electron chi connectivity index (χ1n) is 6.34. The van der Waals surface area contributed by atoms with Crippen LogP contribution in [0.5, 0.6) is 0 Å². The molecular weight excluding hydrogens is 381 g/mol. The highest BCUT2D eigenvalue weighted by Crippen LogP contribution is 2.16. The van der Waals surface area contributed by atoms with E-state index in [1.165, 1.54) is 12.1 Å². The van der Waals surface area contributed by atoms with Gasteiger partial charge in [0, 0.05) is 10.1 Å². The smallest absolute Gasteiger partial charge is 0.335 e. The number of carboxylic acids is 1. The zero-order valence-corrected chi connectivity index (χ0v) is 13.5. The van der Waals surface area contributed by atoms with Gasteiger partial charge in [-0.1, -0.05) is 24.3 Å². The van der Waals surface area contributed by atoms with Gasteiger partial charge in [-0.15, -0.1) is 0 Å². The van der Waals surface area contributed by atoms with Crippen LogP contribution in [0, 0.1) is 10.5 Å². The Hall–Kier alpha value is -1.89. The number of carbonyl (C=O) groups is 2. The standard InChI is InChI=1S/C16H14INO3/c1-10-3-2-4-13(14(10)17)15(19)18-9-11-5-7-12(8-6-11)16(20)21/h2-8H,9H2,1H3,(H,18,19)(H,20,21). The lowest BCUT2D eigenvalue weighted by Crippen LogP contribution is -2.23. The molecule has 2 N–H and O–H groups in total. The van der Waals surface area contributed by atoms with Crippen LogP contribution < -0.4 is 5.32 Å². The summed E-state index contributed by atoms with van der Waals surface area (Å²) in [5, 5.41) is 11.7. The van der Waals surface area contributed by atoms with Crippen LogP contribution in [-0.2, 0) is 6.54 Å². The van der Waals surface area contributed by atoms with Crippen LogP contribution in [0.4, 0.5) is 0 Å². The Labute approximate surface area is 136 Å². The Morgan fingerprint density at radius 1 is 1.14 bits per heavy atom. The summed E-state index contributed by atoms with van der Waals surface area (Å²) in [7, 11) is 0. The highest BCUT2D eigenvalue weighted by molar-refractivity contribution is 14.1. The van der Waals surface area contributed by atoms with E-state index >= 15 is 0 Å². The van der Waals surface area contributed by atoms with Gasteiger partial charge in [0.05, 0.1) is 11.1 Å². The molecule has 0 saturated carbocycles. The minimum Gasteiger partial charge on any atom is -0.478 e. The molecule has 0 aromatic heterocycles. The second-order valence-electron chi connectivity index (χ2n) is 4.62. The van der Waals surface area contributed by atoms with E-state index in [1.54, 1.807) is 18.2 Å². The van der Waals surface area contributed by atoms with Crippen molar-refractivity contribution in [2.24, 2.45) is 0 Å². The number of aryl methyl sites for hydroxylation is 1. The van der Waals surface area contributed by atoms with Gasteiger partial charge in [0.2, 0.25) is 0 Å². The topological polar surface area (TPSA) is 66.4 Å². The molecule has 2 rings (SSSR count). The summed E-state index contributed by atoms with van der Waals surface area (Å²) in [6, 6.07) is 12.1. The number of rotatable bonds is 4. The molecule has 2 aromatic carbocycles. The lowest BCUT2D eigenvalue weighted by molar-refractivity contribution is 0.0696. The van der Waals surface area contributed by atoms with E-state index in [0.29, 0.717) is 12.1 Å². The zero-order chi connectivity index (χ0) is 15.4. The van der Waals surface area contributed by atoms with Crippen molar-refractivity contribution in [2.45, 2.75) is 13.5 Å². The molecule has 4 nitrogen and oxygen atoms in total. The second kappa shape index (κ2) is 6.71. The maximum atomic E-state index is 12.2. The summed E-state index contributed by atoms with van der Waals surface area (Å²) in [6.45, 7) is 2.33. The van der Waals surface area contributed by atoms with Crippen LogP contribution in [0.25, 0.3) is 0 Å². The highest BCUT2D eigenvalue weighted by Gasteiger charge is 2.11. The quantitative estimate of drug-likeness (QED) is 0.782. The Morgan fingerprint density at radius 3 is 2.43 bits per heavy atom. The van der Waals surface area contributed by atoms with Crippen molar-refractivity contribution in [1.82, 2.24) is 5.32 Å². The predicted octanol–water partition coefficient (Wildman–Crippen LogP) is 3.23. The average molecular weight is 395 g/mol. The molecule has 0 aliphatic carbocycles. The monoisotopic (exact) mass is 395 g/mol. The van der Waals surface area contributed by atoms with Crippen molar-refractivity contribution in [3.8, 4) is 0 Å². The van der Waals surface area contributed by atoms with Crippen molar-refractivity contribution in [2.75, 3.05) is 0 Å². The SMILES string of the molecule is Cc1cccc(C(=O)NCc2ccc(C(=O)O)cc2)c1I. The molecule has 0 atom stereocenters. The number of amides is 1. The van der Waals surface area contributed by atoms with Gasteiger partial charge in [0.25, 0.3) is 5.91 Å². The van der Waals surface area contributed by atoms with Crippen LogP contribution in [0.1, 0.15) is 31.8 Å². The van der Waals surface area contributed by atoms with Gasteiger partial charge in [-0.2, -0.15) is 0 Å². The minimum atomic E-state index is -0.958. The van der Waals surface area contributed by atoms with Gasteiger partial charge in [0.15, 0.2) is 0 Å². The molecule has 0 aliphatic rings. The molecule has 0 heterocycles. The second-order valence-corrected chi connectivity index (χ2v) is 5.70. The van der Waals surface area contributed by atoms with Gasteiger partial charge in [0.1, 0.15) is 0 Å². The molecule has 0 spiro atoms. The average Bonchev–Trinajstić information content (AvgIpc) is 2.48. The molecule has 0 bridgehead atoms. The first kappa shape index (κ1) is 15.5. The predicted molar refractivity (Wildman–Crippen MR) is 88.5 cm³/mol. The number of carboxylic acid groups (broad SMARTS) is 1. The molecule has 0 saturated heterocycles. The number of aromatic carboxylic acids is 1. The summed E-state index contributed by atoms with van der Waals surface area (Å²) >= 11 is 2.16. The number of carbonyl (C=O) groups excluding carboxylic acids is 1. The Kier molecular flexibility index (Phi) is 4.95. The summed E-state index contributed by atoms with van der Waals surface area (Å²) in [6.07, 6.45) is 0. The summed E-state index contributed by atoms with van der Waals surface area (Å²) < 4.78 is 0.939. The van der Waals surface area contributed by atoms with E-state index in [1.807, 2.05) is 19.1 Å². The molecule has 2 aromatic rings. The van der Waals surface area contributed by atoms with Crippen molar-refractivity contribution in [3.05, 3.63) is 68.3 Å². The van der Waals surface area contributed by atoms with E-state index in [2.05, 4.69) is 27.9 Å². The Morgan fingerprint density at radius 2 is 1.81 bits per heavy atom. The maximum Gasteiger partial charge on any atom is 0.335 e. The first-order valence-corrected chi connectivity index (χ1v) is 7.42. The van der Waals surface area contributed by atoms with Crippen molar-refractivity contribution >= 4 is 34.5 Å². The van der Waals surface area contributed by atoms with E-state index in [4.69, 9.17) is 5.11 Å². The van der Waals surface area contributed by atoms with Crippen LogP contribution in [0.15, 0.2) is 42.5 Å². The fraction of sp³-hybridized carbons (Fsp3) is 0.125. The normalized spacial score (nSPS) is 10.2. The van der Waals surface area contributed by atoms with E-state index in [-0.39, 0.29) is 11.5 Å². The highest BCUT2D eigenvalue weighted by atomic mass is 127. The lowest BCUT2D eigenvalue weighted by Gasteiger charge is -2.09. The summed E-state index contributed by atoms with van der Waals surface area (Å²) in [5.74, 6) is -1.09. The molecular formula is C16H14INO3. The fourth-order valence-corrected chi connectivity index (χ4v) is 2.47. The fourth-order valence-electron chi connectivity index (χ4n) is 1.87. The minimum absolute atomic E-state index is 0.134. The molecule has 0 aliphatic heterocycles. The molecule has 1 amide bonds. The summed E-state index contributed by atoms with van der Waals surface area (Å²) in [5.41, 5.74) is 2.81. The van der Waals surface area contributed by atoms with Crippen molar-refractivity contribution in [3.63, 3.8) is 0 Å². The molecule has 5 heteroatoms. The van der Waals surface area contributed by atoms with Crippen LogP contribution in [0.2, 0.25) is 0 Å². The Balaban J connectivity index is 2.04. The van der Waals surface area contributed by atoms with Crippen molar-refractivity contribution in [1.29, 1.82) is 0 Å².